The predicted octanol–water partition coefficient (Wildman–Crippen LogP) is 5.38. The number of halogens is 3. The van der Waals surface area contributed by atoms with Crippen molar-refractivity contribution in [2.24, 2.45) is 0 Å². The van der Waals surface area contributed by atoms with E-state index in [-0.39, 0.29) is 15.9 Å². The van der Waals surface area contributed by atoms with E-state index < -0.39 is 0 Å². The molecule has 1 aromatic carbocycles. The molecule has 1 heterocycles. The summed E-state index contributed by atoms with van der Waals surface area (Å²) in [4.78, 5) is 4.56. The molecule has 0 radical (unpaired) electrons. The molecule has 0 fully saturated rings. The highest BCUT2D eigenvalue weighted by Gasteiger charge is 2.23. The number of rotatable bonds is 4. The molecule has 0 aliphatic carbocycles. The topological polar surface area (TPSA) is 17.8 Å². The minimum absolute atomic E-state index is 0.0255. The van der Waals surface area contributed by atoms with Crippen LogP contribution < -0.4 is 0 Å². The number of alkyl halides is 1. The van der Waals surface area contributed by atoms with Gasteiger partial charge >= 0.3 is 0 Å². The predicted molar refractivity (Wildman–Crippen MR) is 89.3 cm³/mol. The SMILES string of the molecule is CSC(C)(C)Cn1c(C(C)Cl)nc2cc(Br)c(F)cc21. The van der Waals surface area contributed by atoms with Crippen LogP contribution >= 0.6 is 39.3 Å². The van der Waals surface area contributed by atoms with Gasteiger partial charge in [0, 0.05) is 17.4 Å². The van der Waals surface area contributed by atoms with Crippen LogP contribution in [0.5, 0.6) is 0 Å². The molecule has 0 saturated carbocycles. The maximum Gasteiger partial charge on any atom is 0.139 e. The molecule has 0 aliphatic rings. The molecule has 6 heteroatoms. The maximum atomic E-state index is 13.8. The summed E-state index contributed by atoms with van der Waals surface area (Å²) in [6, 6.07) is 3.22. The fraction of sp³-hybridized carbons (Fsp3) is 0.500. The summed E-state index contributed by atoms with van der Waals surface area (Å²) in [5, 5.41) is -0.220. The summed E-state index contributed by atoms with van der Waals surface area (Å²) in [6.07, 6.45) is 2.07. The number of nitrogens with zero attached hydrogens (tertiary/aromatic N) is 2. The minimum Gasteiger partial charge on any atom is -0.325 e. The zero-order valence-corrected chi connectivity index (χ0v) is 15.0. The zero-order chi connectivity index (χ0) is 15.1. The third-order valence-corrected chi connectivity index (χ3v) is 5.30. The molecule has 0 bridgehead atoms. The molecule has 0 spiro atoms. The van der Waals surface area contributed by atoms with Crippen molar-refractivity contribution in [3.05, 3.63) is 28.2 Å². The van der Waals surface area contributed by atoms with Gasteiger partial charge in [-0.1, -0.05) is 0 Å². The molecular formula is C14H17BrClFN2S. The van der Waals surface area contributed by atoms with E-state index in [4.69, 9.17) is 11.6 Å². The van der Waals surface area contributed by atoms with Gasteiger partial charge in [-0.05, 0) is 49.0 Å². The Balaban J connectivity index is 2.65. The molecule has 1 aromatic heterocycles. The van der Waals surface area contributed by atoms with E-state index in [1.165, 1.54) is 6.07 Å². The van der Waals surface area contributed by atoms with Crippen molar-refractivity contribution >= 4 is 50.3 Å². The van der Waals surface area contributed by atoms with E-state index in [2.05, 4.69) is 41.0 Å². The van der Waals surface area contributed by atoms with E-state index in [0.29, 0.717) is 4.47 Å². The second-order valence-corrected chi connectivity index (χ2v) is 8.41. The van der Waals surface area contributed by atoms with Crippen LogP contribution in [0.4, 0.5) is 4.39 Å². The zero-order valence-electron chi connectivity index (χ0n) is 11.9. The van der Waals surface area contributed by atoms with Crippen LogP contribution in [0.25, 0.3) is 11.0 Å². The average molecular weight is 380 g/mol. The van der Waals surface area contributed by atoms with Crippen LogP contribution in [0, 0.1) is 5.82 Å². The summed E-state index contributed by atoms with van der Waals surface area (Å²) >= 11 is 11.2. The summed E-state index contributed by atoms with van der Waals surface area (Å²) in [6.45, 7) is 6.93. The molecular weight excluding hydrogens is 363 g/mol. The Morgan fingerprint density at radius 2 is 2.15 bits per heavy atom. The highest BCUT2D eigenvalue weighted by Crippen LogP contribution is 2.32. The molecule has 0 saturated heterocycles. The quantitative estimate of drug-likeness (QED) is 0.664. The largest absolute Gasteiger partial charge is 0.325 e. The van der Waals surface area contributed by atoms with Gasteiger partial charge < -0.3 is 4.57 Å². The summed E-state index contributed by atoms with van der Waals surface area (Å²) in [7, 11) is 0. The van der Waals surface area contributed by atoms with E-state index in [1.54, 1.807) is 17.8 Å². The van der Waals surface area contributed by atoms with Gasteiger partial charge in [-0.2, -0.15) is 11.8 Å². The van der Waals surface area contributed by atoms with Crippen molar-refractivity contribution in [1.82, 2.24) is 9.55 Å². The molecule has 1 atom stereocenters. The molecule has 2 rings (SSSR count). The number of benzene rings is 1. The normalized spacial score (nSPS) is 13.9. The standard InChI is InChI=1S/C14H17BrClFN2S/c1-8(16)13-18-11-5-9(15)10(17)6-12(11)19(13)7-14(2,3)20-4/h5-6,8H,7H2,1-4H3. The molecule has 0 N–H and O–H groups in total. The van der Waals surface area contributed by atoms with E-state index >= 15 is 0 Å². The van der Waals surface area contributed by atoms with Crippen molar-refractivity contribution in [1.29, 1.82) is 0 Å². The van der Waals surface area contributed by atoms with Crippen LogP contribution in [0.3, 0.4) is 0 Å². The first kappa shape index (κ1) is 16.1. The van der Waals surface area contributed by atoms with Crippen LogP contribution in [-0.2, 0) is 6.54 Å². The first-order valence-corrected chi connectivity index (χ1v) is 8.75. The van der Waals surface area contributed by atoms with Crippen molar-refractivity contribution < 1.29 is 4.39 Å². The lowest BCUT2D eigenvalue weighted by Crippen LogP contribution is -2.24. The average Bonchev–Trinajstić information content (AvgIpc) is 2.68. The number of fused-ring (bicyclic) bond motifs is 1. The van der Waals surface area contributed by atoms with Gasteiger partial charge in [-0.3, -0.25) is 0 Å². The number of thioether (sulfide) groups is 1. The van der Waals surface area contributed by atoms with Gasteiger partial charge in [0.15, 0.2) is 0 Å². The number of hydrogen-bond acceptors (Lipinski definition) is 2. The van der Waals surface area contributed by atoms with Crippen LogP contribution in [-0.4, -0.2) is 20.6 Å². The highest BCUT2D eigenvalue weighted by molar-refractivity contribution is 9.10. The lowest BCUT2D eigenvalue weighted by Gasteiger charge is -2.24. The van der Waals surface area contributed by atoms with Gasteiger partial charge in [-0.25, -0.2) is 9.37 Å². The number of aromatic nitrogens is 2. The Morgan fingerprint density at radius 3 is 2.70 bits per heavy atom. The second kappa shape index (κ2) is 5.85. The first-order valence-electron chi connectivity index (χ1n) is 6.29. The Hall–Kier alpha value is -0.260. The number of imidazole rings is 1. The Kier molecular flexibility index (Phi) is 4.72. The second-order valence-electron chi connectivity index (χ2n) is 5.39. The molecule has 110 valence electrons. The van der Waals surface area contributed by atoms with Gasteiger partial charge in [-0.15, -0.1) is 11.6 Å². The molecule has 0 aliphatic heterocycles. The Morgan fingerprint density at radius 1 is 1.50 bits per heavy atom. The van der Waals surface area contributed by atoms with Crippen molar-refractivity contribution in [3.63, 3.8) is 0 Å². The highest BCUT2D eigenvalue weighted by atomic mass is 79.9. The fourth-order valence-corrected chi connectivity index (χ4v) is 2.81. The van der Waals surface area contributed by atoms with Crippen molar-refractivity contribution in [3.8, 4) is 0 Å². The smallest absolute Gasteiger partial charge is 0.139 e. The number of hydrogen-bond donors (Lipinski definition) is 0. The van der Waals surface area contributed by atoms with Crippen molar-refractivity contribution in [2.45, 2.75) is 37.4 Å². The monoisotopic (exact) mass is 378 g/mol. The van der Waals surface area contributed by atoms with Crippen LogP contribution in [0.1, 0.15) is 32.0 Å². The molecule has 2 aromatic rings. The molecule has 2 nitrogen and oxygen atoms in total. The first-order chi connectivity index (χ1) is 9.25. The summed E-state index contributed by atoms with van der Waals surface area (Å²) in [5.41, 5.74) is 1.55. The van der Waals surface area contributed by atoms with Gasteiger partial charge in [0.1, 0.15) is 11.6 Å². The van der Waals surface area contributed by atoms with Crippen LogP contribution in [0.2, 0.25) is 0 Å². The Bertz CT molecular complexity index is 640. The van der Waals surface area contributed by atoms with Crippen molar-refractivity contribution in [2.75, 3.05) is 6.26 Å². The lowest BCUT2D eigenvalue weighted by atomic mass is 10.2. The molecule has 0 amide bonds. The molecule has 1 unspecified atom stereocenters. The van der Waals surface area contributed by atoms with Gasteiger partial charge in [0.25, 0.3) is 0 Å². The third kappa shape index (κ3) is 3.15. The van der Waals surface area contributed by atoms with E-state index in [0.717, 1.165) is 23.4 Å². The van der Waals surface area contributed by atoms with Gasteiger partial charge in [0.05, 0.1) is 20.9 Å². The van der Waals surface area contributed by atoms with E-state index in [9.17, 15) is 4.39 Å². The van der Waals surface area contributed by atoms with Gasteiger partial charge in [0.2, 0.25) is 0 Å². The lowest BCUT2D eigenvalue weighted by molar-refractivity contribution is 0.557. The van der Waals surface area contributed by atoms with E-state index in [1.807, 2.05) is 11.5 Å². The fourth-order valence-electron chi connectivity index (χ4n) is 2.05. The summed E-state index contributed by atoms with van der Waals surface area (Å²) < 4.78 is 16.3. The Labute approximate surface area is 136 Å². The van der Waals surface area contributed by atoms with Crippen LogP contribution in [0.15, 0.2) is 16.6 Å². The maximum absolute atomic E-state index is 13.8. The third-order valence-electron chi connectivity index (χ3n) is 3.27. The summed E-state index contributed by atoms with van der Waals surface area (Å²) in [5.74, 6) is 0.496. The molecule has 20 heavy (non-hydrogen) atoms. The minimum atomic E-state index is -0.283.